The lowest BCUT2D eigenvalue weighted by molar-refractivity contribution is 0.411. The fourth-order valence-corrected chi connectivity index (χ4v) is 4.33. The molecule has 2 atom stereocenters. The minimum absolute atomic E-state index is 0.187. The standard InChI is InChI=1S/C23H23N5OS2/c1-29-21-12-11-16(14-24-28-22(30)25-18-7-3-2-4-8-18)13-17(21)15-31-23-26-19-9-5-6-10-20(19)27-23/h2-14,19-20H,15H2,1H3,(H,26,27)(H2,25,28,30)/b24-14+. The summed E-state index contributed by atoms with van der Waals surface area (Å²) in [6, 6.07) is 16.1. The Bertz CT molecular complexity index is 1050. The summed E-state index contributed by atoms with van der Waals surface area (Å²) in [7, 11) is 1.68. The Hall–Kier alpha value is -3.10. The molecule has 3 N–H and O–H groups in total. The molecule has 4 rings (SSSR count). The van der Waals surface area contributed by atoms with Crippen LogP contribution in [0, 0.1) is 0 Å². The van der Waals surface area contributed by atoms with Gasteiger partial charge in [-0.25, -0.2) is 0 Å². The topological polar surface area (TPSA) is 70.0 Å². The van der Waals surface area contributed by atoms with Crippen molar-refractivity contribution < 1.29 is 4.74 Å². The van der Waals surface area contributed by atoms with E-state index in [9.17, 15) is 0 Å². The number of amidine groups is 1. The summed E-state index contributed by atoms with van der Waals surface area (Å²) in [6.45, 7) is 0. The van der Waals surface area contributed by atoms with Gasteiger partial charge in [0, 0.05) is 17.0 Å². The number of nitrogens with zero attached hydrogens (tertiary/aromatic N) is 2. The average molecular weight is 450 g/mol. The Morgan fingerprint density at radius 3 is 2.87 bits per heavy atom. The predicted octanol–water partition coefficient (Wildman–Crippen LogP) is 4.07. The average Bonchev–Trinajstić information content (AvgIpc) is 3.21. The van der Waals surface area contributed by atoms with Crippen molar-refractivity contribution in [2.24, 2.45) is 10.1 Å². The van der Waals surface area contributed by atoms with Crippen LogP contribution < -0.4 is 20.8 Å². The lowest BCUT2D eigenvalue weighted by Crippen LogP contribution is -2.31. The van der Waals surface area contributed by atoms with E-state index < -0.39 is 0 Å². The number of benzene rings is 2. The second-order valence-corrected chi connectivity index (χ2v) is 8.29. The van der Waals surface area contributed by atoms with Crippen molar-refractivity contribution in [3.63, 3.8) is 0 Å². The van der Waals surface area contributed by atoms with Gasteiger partial charge in [0.2, 0.25) is 0 Å². The number of nitrogens with one attached hydrogen (secondary N) is 3. The molecule has 0 aromatic heterocycles. The van der Waals surface area contributed by atoms with Crippen LogP contribution in [0.5, 0.6) is 5.75 Å². The van der Waals surface area contributed by atoms with Crippen LogP contribution in [0.25, 0.3) is 0 Å². The molecule has 0 fully saturated rings. The summed E-state index contributed by atoms with van der Waals surface area (Å²) in [6.07, 6.45) is 10.1. The number of para-hydroxylation sites is 1. The summed E-state index contributed by atoms with van der Waals surface area (Å²) in [5.74, 6) is 1.58. The summed E-state index contributed by atoms with van der Waals surface area (Å²) < 4.78 is 5.53. The van der Waals surface area contributed by atoms with Gasteiger partial charge in [0.25, 0.3) is 0 Å². The smallest absolute Gasteiger partial charge is 0.191 e. The van der Waals surface area contributed by atoms with E-state index in [0.29, 0.717) is 5.11 Å². The first-order chi connectivity index (χ1) is 15.2. The van der Waals surface area contributed by atoms with Gasteiger partial charge in [-0.05, 0) is 48.1 Å². The molecule has 8 heteroatoms. The molecular formula is C23H23N5OS2. The summed E-state index contributed by atoms with van der Waals surface area (Å²) in [5, 5.41) is 12.2. The molecule has 2 aliphatic rings. The van der Waals surface area contributed by atoms with Crippen LogP contribution in [-0.2, 0) is 5.75 Å². The molecule has 31 heavy (non-hydrogen) atoms. The van der Waals surface area contributed by atoms with Gasteiger partial charge >= 0.3 is 0 Å². The third-order valence-corrected chi connectivity index (χ3v) is 5.89. The van der Waals surface area contributed by atoms with E-state index >= 15 is 0 Å². The van der Waals surface area contributed by atoms with Crippen LogP contribution >= 0.6 is 24.0 Å². The SMILES string of the molecule is COc1ccc(/C=N/NC(=S)Nc2ccccc2)cc1CSC1=NC2C=CC=CC2N1. The highest BCUT2D eigenvalue weighted by atomic mass is 32.2. The Labute approximate surface area is 191 Å². The molecule has 1 heterocycles. The number of ether oxygens (including phenoxy) is 1. The molecule has 2 aromatic carbocycles. The second kappa shape index (κ2) is 10.3. The van der Waals surface area contributed by atoms with E-state index in [0.717, 1.165) is 33.5 Å². The monoisotopic (exact) mass is 449 g/mol. The first-order valence-corrected chi connectivity index (χ1v) is 11.2. The minimum atomic E-state index is 0.187. The molecule has 0 saturated heterocycles. The first kappa shape index (κ1) is 21.1. The zero-order valence-electron chi connectivity index (χ0n) is 17.0. The minimum Gasteiger partial charge on any atom is -0.496 e. The number of allylic oxidation sites excluding steroid dienone is 2. The maximum Gasteiger partial charge on any atom is 0.191 e. The quantitative estimate of drug-likeness (QED) is 0.351. The van der Waals surface area contributed by atoms with Gasteiger partial charge in [-0.2, -0.15) is 5.10 Å². The summed E-state index contributed by atoms with van der Waals surface area (Å²) in [4.78, 5) is 4.74. The molecule has 0 amide bonds. The van der Waals surface area contributed by atoms with E-state index in [1.165, 1.54) is 0 Å². The van der Waals surface area contributed by atoms with Crippen LogP contribution in [-0.4, -0.2) is 35.7 Å². The molecule has 1 aliphatic carbocycles. The number of hydrazone groups is 1. The number of thiocarbonyl (C=S) groups is 1. The normalized spacial score (nSPS) is 18.9. The van der Waals surface area contributed by atoms with Crippen LogP contribution in [0.15, 0.2) is 82.9 Å². The number of anilines is 1. The highest BCUT2D eigenvalue weighted by Gasteiger charge is 2.25. The second-order valence-electron chi connectivity index (χ2n) is 6.91. The Morgan fingerprint density at radius 1 is 1.23 bits per heavy atom. The first-order valence-electron chi connectivity index (χ1n) is 9.85. The zero-order chi connectivity index (χ0) is 21.5. The fraction of sp³-hybridized carbons (Fsp3) is 0.174. The van der Waals surface area contributed by atoms with Gasteiger partial charge in [0.05, 0.1) is 25.4 Å². The molecule has 0 saturated carbocycles. The van der Waals surface area contributed by atoms with Crippen molar-refractivity contribution in [3.8, 4) is 5.75 Å². The van der Waals surface area contributed by atoms with Crippen molar-refractivity contribution in [1.82, 2.24) is 10.7 Å². The van der Waals surface area contributed by atoms with Crippen molar-refractivity contribution in [2.75, 3.05) is 12.4 Å². The van der Waals surface area contributed by atoms with E-state index in [-0.39, 0.29) is 12.1 Å². The van der Waals surface area contributed by atoms with Gasteiger partial charge < -0.3 is 15.4 Å². The Kier molecular flexibility index (Phi) is 7.01. The highest BCUT2D eigenvalue weighted by molar-refractivity contribution is 8.13. The number of fused-ring (bicyclic) bond motifs is 1. The molecule has 0 radical (unpaired) electrons. The number of methoxy groups -OCH3 is 1. The van der Waals surface area contributed by atoms with Crippen LogP contribution in [0.3, 0.4) is 0 Å². The van der Waals surface area contributed by atoms with Crippen LogP contribution in [0.1, 0.15) is 11.1 Å². The van der Waals surface area contributed by atoms with Crippen molar-refractivity contribution in [3.05, 3.63) is 84.0 Å². The van der Waals surface area contributed by atoms with E-state index in [1.54, 1.807) is 25.1 Å². The predicted molar refractivity (Wildman–Crippen MR) is 134 cm³/mol. The number of rotatable bonds is 6. The van der Waals surface area contributed by atoms with Crippen molar-refractivity contribution in [2.45, 2.75) is 17.8 Å². The van der Waals surface area contributed by atoms with E-state index in [1.807, 2.05) is 48.5 Å². The Balaban J connectivity index is 1.34. The molecular weight excluding hydrogens is 426 g/mol. The number of aliphatic imine (C=N–C) groups is 1. The van der Waals surface area contributed by atoms with Crippen molar-refractivity contribution in [1.29, 1.82) is 0 Å². The molecule has 1 aliphatic heterocycles. The van der Waals surface area contributed by atoms with Crippen LogP contribution in [0.4, 0.5) is 5.69 Å². The molecule has 0 spiro atoms. The van der Waals surface area contributed by atoms with Crippen molar-refractivity contribution >= 4 is 46.2 Å². The highest BCUT2D eigenvalue weighted by Crippen LogP contribution is 2.27. The maximum absolute atomic E-state index is 5.53. The van der Waals surface area contributed by atoms with Gasteiger partial charge in [-0.15, -0.1) is 0 Å². The largest absolute Gasteiger partial charge is 0.496 e. The zero-order valence-corrected chi connectivity index (χ0v) is 18.6. The lowest BCUT2D eigenvalue weighted by atomic mass is 10.1. The summed E-state index contributed by atoms with van der Waals surface area (Å²) in [5.41, 5.74) is 5.78. The number of hydrogen-bond acceptors (Lipinski definition) is 6. The third-order valence-electron chi connectivity index (χ3n) is 4.74. The number of thioether (sulfide) groups is 1. The molecule has 2 unspecified atom stereocenters. The summed E-state index contributed by atoms with van der Waals surface area (Å²) >= 11 is 6.95. The molecule has 2 aromatic rings. The number of hydrogen-bond donors (Lipinski definition) is 3. The Morgan fingerprint density at radius 2 is 2.06 bits per heavy atom. The van der Waals surface area contributed by atoms with Gasteiger partial charge in [0.1, 0.15) is 5.75 Å². The van der Waals surface area contributed by atoms with E-state index in [2.05, 4.69) is 45.5 Å². The van der Waals surface area contributed by atoms with Gasteiger partial charge in [0.15, 0.2) is 10.3 Å². The third kappa shape index (κ3) is 5.74. The van der Waals surface area contributed by atoms with Gasteiger partial charge in [-0.3, -0.25) is 10.4 Å². The fourth-order valence-electron chi connectivity index (χ4n) is 3.23. The maximum atomic E-state index is 5.53. The van der Waals surface area contributed by atoms with Gasteiger partial charge in [-0.1, -0.05) is 54.3 Å². The molecule has 0 bridgehead atoms. The molecule has 158 valence electrons. The lowest BCUT2D eigenvalue weighted by Gasteiger charge is -2.13. The van der Waals surface area contributed by atoms with Crippen LogP contribution in [0.2, 0.25) is 0 Å². The van der Waals surface area contributed by atoms with E-state index in [4.69, 9.17) is 21.9 Å². The molecule has 6 nitrogen and oxygen atoms in total.